The summed E-state index contributed by atoms with van der Waals surface area (Å²) < 4.78 is 2.25. The van der Waals surface area contributed by atoms with Crippen LogP contribution in [-0.4, -0.2) is 21.1 Å². The molecule has 3 heterocycles. The zero-order chi connectivity index (χ0) is 12.2. The lowest BCUT2D eigenvalue weighted by Crippen LogP contribution is -2.17. The first-order valence-electron chi connectivity index (χ1n) is 6.57. The molecule has 1 aliphatic heterocycles. The van der Waals surface area contributed by atoms with Crippen LogP contribution in [0.4, 0.5) is 0 Å². The van der Waals surface area contributed by atoms with Crippen LogP contribution >= 0.6 is 0 Å². The molecule has 1 fully saturated rings. The number of aryl methyl sites for hydroxylation is 2. The smallest absolute Gasteiger partial charge is 0.0948 e. The molecule has 1 atom stereocenters. The highest BCUT2D eigenvalue weighted by atomic mass is 15.1. The molecule has 4 nitrogen and oxygen atoms in total. The molecule has 3 rings (SSSR count). The molecule has 0 aromatic carbocycles. The highest BCUT2D eigenvalue weighted by Crippen LogP contribution is 2.22. The lowest BCUT2D eigenvalue weighted by Gasteiger charge is -2.13. The van der Waals surface area contributed by atoms with Crippen molar-refractivity contribution in [3.8, 4) is 0 Å². The lowest BCUT2D eigenvalue weighted by molar-refractivity contribution is 0.561. The fourth-order valence-electron chi connectivity index (χ4n) is 2.53. The van der Waals surface area contributed by atoms with Crippen molar-refractivity contribution < 1.29 is 0 Å². The van der Waals surface area contributed by atoms with E-state index in [1.54, 1.807) is 0 Å². The van der Waals surface area contributed by atoms with E-state index < -0.39 is 0 Å². The largest absolute Gasteiger partial charge is 0.333 e. The van der Waals surface area contributed by atoms with E-state index in [-0.39, 0.29) is 0 Å². The van der Waals surface area contributed by atoms with Crippen molar-refractivity contribution in [3.05, 3.63) is 48.3 Å². The van der Waals surface area contributed by atoms with Crippen molar-refractivity contribution in [2.24, 2.45) is 0 Å². The molecular weight excluding hydrogens is 224 g/mol. The second-order valence-electron chi connectivity index (χ2n) is 4.73. The Morgan fingerprint density at radius 1 is 1.39 bits per heavy atom. The van der Waals surface area contributed by atoms with E-state index >= 15 is 0 Å². The van der Waals surface area contributed by atoms with Crippen LogP contribution in [0.2, 0.25) is 0 Å². The van der Waals surface area contributed by atoms with Gasteiger partial charge in [0, 0.05) is 37.1 Å². The first-order chi connectivity index (χ1) is 8.93. The van der Waals surface area contributed by atoms with Gasteiger partial charge in [0.2, 0.25) is 0 Å². The van der Waals surface area contributed by atoms with Gasteiger partial charge >= 0.3 is 0 Å². The molecular formula is C14H18N4. The van der Waals surface area contributed by atoms with Crippen molar-refractivity contribution in [1.82, 2.24) is 19.9 Å². The van der Waals surface area contributed by atoms with Gasteiger partial charge in [-0.1, -0.05) is 6.07 Å². The predicted octanol–water partition coefficient (Wildman–Crippen LogP) is 1.95. The van der Waals surface area contributed by atoms with Crippen LogP contribution in [0.15, 0.2) is 36.9 Å². The molecule has 1 N–H and O–H groups in total. The molecule has 0 aliphatic carbocycles. The van der Waals surface area contributed by atoms with Gasteiger partial charge in [-0.15, -0.1) is 0 Å². The summed E-state index contributed by atoms with van der Waals surface area (Å²) in [4.78, 5) is 8.64. The Labute approximate surface area is 107 Å². The topological polar surface area (TPSA) is 42.7 Å². The van der Waals surface area contributed by atoms with Gasteiger partial charge in [-0.05, 0) is 31.5 Å². The van der Waals surface area contributed by atoms with E-state index in [0.29, 0.717) is 6.04 Å². The summed E-state index contributed by atoms with van der Waals surface area (Å²) >= 11 is 0. The van der Waals surface area contributed by atoms with E-state index in [2.05, 4.69) is 25.9 Å². The molecule has 0 amide bonds. The fourth-order valence-corrected chi connectivity index (χ4v) is 2.53. The van der Waals surface area contributed by atoms with Crippen molar-refractivity contribution in [3.63, 3.8) is 0 Å². The van der Waals surface area contributed by atoms with Crippen LogP contribution in [0.3, 0.4) is 0 Å². The normalized spacial score (nSPS) is 19.2. The Balaban J connectivity index is 1.68. The van der Waals surface area contributed by atoms with Gasteiger partial charge in [-0.3, -0.25) is 4.98 Å². The maximum atomic E-state index is 4.36. The van der Waals surface area contributed by atoms with E-state index in [4.69, 9.17) is 0 Å². The third-order valence-electron chi connectivity index (χ3n) is 3.50. The minimum absolute atomic E-state index is 0.483. The summed E-state index contributed by atoms with van der Waals surface area (Å²) in [5.74, 6) is 0. The molecule has 2 aromatic rings. The maximum Gasteiger partial charge on any atom is 0.0948 e. The number of imidazole rings is 1. The molecule has 18 heavy (non-hydrogen) atoms. The molecule has 0 radical (unpaired) electrons. The average Bonchev–Trinajstić information content (AvgIpc) is 3.08. The summed E-state index contributed by atoms with van der Waals surface area (Å²) in [7, 11) is 0. The van der Waals surface area contributed by atoms with Crippen molar-refractivity contribution in [2.75, 3.05) is 6.54 Å². The molecule has 1 saturated heterocycles. The molecule has 1 unspecified atom stereocenters. The van der Waals surface area contributed by atoms with Crippen LogP contribution in [0, 0.1) is 0 Å². The number of nitrogens with one attached hydrogen (secondary N) is 1. The third-order valence-corrected chi connectivity index (χ3v) is 3.50. The standard InChI is InChI=1S/C14H18N4/c1-2-7-16-12(4-1)6-9-18-11-15-10-14(18)13-5-3-8-17-13/h1-2,4,7,10-11,13,17H,3,5-6,8-9H2. The molecule has 4 heteroatoms. The van der Waals surface area contributed by atoms with Gasteiger partial charge in [0.1, 0.15) is 0 Å². The van der Waals surface area contributed by atoms with E-state index in [1.165, 1.54) is 18.5 Å². The summed E-state index contributed by atoms with van der Waals surface area (Å²) in [6.45, 7) is 2.07. The van der Waals surface area contributed by atoms with Crippen molar-refractivity contribution >= 4 is 0 Å². The number of pyridine rings is 1. The Morgan fingerprint density at radius 3 is 3.17 bits per heavy atom. The molecule has 0 spiro atoms. The highest BCUT2D eigenvalue weighted by molar-refractivity contribution is 5.08. The number of hydrogen-bond donors (Lipinski definition) is 1. The number of hydrogen-bond acceptors (Lipinski definition) is 3. The predicted molar refractivity (Wildman–Crippen MR) is 70.1 cm³/mol. The minimum atomic E-state index is 0.483. The second kappa shape index (κ2) is 5.31. The molecule has 0 bridgehead atoms. The lowest BCUT2D eigenvalue weighted by atomic mass is 10.1. The van der Waals surface area contributed by atoms with Gasteiger partial charge in [0.15, 0.2) is 0 Å². The SMILES string of the molecule is c1ccc(CCn2cncc2C2CCCN2)nc1. The van der Waals surface area contributed by atoms with Gasteiger partial charge in [0.05, 0.1) is 12.0 Å². The van der Waals surface area contributed by atoms with Crippen LogP contribution in [0.1, 0.15) is 30.3 Å². The maximum absolute atomic E-state index is 4.36. The van der Waals surface area contributed by atoms with Gasteiger partial charge in [0.25, 0.3) is 0 Å². The van der Waals surface area contributed by atoms with Crippen LogP contribution in [0.5, 0.6) is 0 Å². The first kappa shape index (κ1) is 11.4. The molecule has 0 saturated carbocycles. The van der Waals surface area contributed by atoms with Gasteiger partial charge in [-0.2, -0.15) is 0 Å². The van der Waals surface area contributed by atoms with E-state index in [1.807, 2.05) is 30.9 Å². The summed E-state index contributed by atoms with van der Waals surface area (Å²) in [5, 5.41) is 3.52. The molecule has 1 aliphatic rings. The minimum Gasteiger partial charge on any atom is -0.333 e. The molecule has 94 valence electrons. The van der Waals surface area contributed by atoms with Crippen LogP contribution in [0.25, 0.3) is 0 Å². The first-order valence-corrected chi connectivity index (χ1v) is 6.57. The summed E-state index contributed by atoms with van der Waals surface area (Å²) in [5.41, 5.74) is 2.44. The number of aromatic nitrogens is 3. The quantitative estimate of drug-likeness (QED) is 0.891. The summed E-state index contributed by atoms with van der Waals surface area (Å²) in [6, 6.07) is 6.55. The van der Waals surface area contributed by atoms with Crippen molar-refractivity contribution in [1.29, 1.82) is 0 Å². The van der Waals surface area contributed by atoms with Gasteiger partial charge < -0.3 is 9.88 Å². The Morgan fingerprint density at radius 2 is 2.39 bits per heavy atom. The number of rotatable bonds is 4. The zero-order valence-corrected chi connectivity index (χ0v) is 10.4. The second-order valence-corrected chi connectivity index (χ2v) is 4.73. The van der Waals surface area contributed by atoms with E-state index in [0.717, 1.165) is 25.2 Å². The Kier molecular flexibility index (Phi) is 3.37. The third kappa shape index (κ3) is 2.43. The van der Waals surface area contributed by atoms with Crippen LogP contribution < -0.4 is 5.32 Å². The zero-order valence-electron chi connectivity index (χ0n) is 10.4. The average molecular weight is 242 g/mol. The van der Waals surface area contributed by atoms with Gasteiger partial charge in [-0.25, -0.2) is 4.98 Å². The summed E-state index contributed by atoms with van der Waals surface area (Å²) in [6.07, 6.45) is 9.20. The highest BCUT2D eigenvalue weighted by Gasteiger charge is 2.19. The molecule has 2 aromatic heterocycles. The number of nitrogens with zero attached hydrogens (tertiary/aromatic N) is 3. The van der Waals surface area contributed by atoms with E-state index in [9.17, 15) is 0 Å². The monoisotopic (exact) mass is 242 g/mol. The Hall–Kier alpha value is -1.68. The van der Waals surface area contributed by atoms with Crippen LogP contribution in [-0.2, 0) is 13.0 Å². The Bertz CT molecular complexity index is 486. The van der Waals surface area contributed by atoms with Crippen molar-refractivity contribution in [2.45, 2.75) is 31.8 Å². The fraction of sp³-hybridized carbons (Fsp3) is 0.429.